The van der Waals surface area contributed by atoms with E-state index in [9.17, 15) is 14.0 Å². The largest absolute Gasteiger partial charge is 0.462 e. The standard InChI is InChI=1S/C20H23FN2O3/c1-2-3-14-26-19(24)16-9-5-7-11-18(16)23-20(25)22-13-12-15-8-4-6-10-17(15)21/h4-11H,2-3,12-14H2,1H3,(H2,22,23,25). The van der Waals surface area contributed by atoms with E-state index in [1.165, 1.54) is 6.07 Å². The molecule has 6 heteroatoms. The second kappa shape index (κ2) is 10.2. The maximum absolute atomic E-state index is 13.6. The Balaban J connectivity index is 1.88. The molecule has 2 aromatic rings. The number of carbonyl (C=O) groups excluding carboxylic acids is 2. The summed E-state index contributed by atoms with van der Waals surface area (Å²) in [7, 11) is 0. The van der Waals surface area contributed by atoms with Gasteiger partial charge in [0.2, 0.25) is 0 Å². The summed E-state index contributed by atoms with van der Waals surface area (Å²) in [6.45, 7) is 2.63. The normalized spacial score (nSPS) is 10.2. The van der Waals surface area contributed by atoms with E-state index >= 15 is 0 Å². The minimum absolute atomic E-state index is 0.274. The highest BCUT2D eigenvalue weighted by Gasteiger charge is 2.14. The number of nitrogens with one attached hydrogen (secondary N) is 2. The number of unbranched alkanes of at least 4 members (excludes halogenated alkanes) is 1. The Morgan fingerprint density at radius 3 is 2.58 bits per heavy atom. The Morgan fingerprint density at radius 1 is 1.08 bits per heavy atom. The summed E-state index contributed by atoms with van der Waals surface area (Å²) in [5.41, 5.74) is 1.21. The topological polar surface area (TPSA) is 67.4 Å². The number of halogens is 1. The summed E-state index contributed by atoms with van der Waals surface area (Å²) < 4.78 is 18.7. The molecule has 5 nitrogen and oxygen atoms in total. The summed E-state index contributed by atoms with van der Waals surface area (Å²) in [5.74, 6) is -0.768. The summed E-state index contributed by atoms with van der Waals surface area (Å²) in [4.78, 5) is 24.2. The first-order chi connectivity index (χ1) is 12.6. The van der Waals surface area contributed by atoms with Crippen molar-refractivity contribution in [2.45, 2.75) is 26.2 Å². The summed E-state index contributed by atoms with van der Waals surface area (Å²) in [6.07, 6.45) is 2.09. The molecule has 2 rings (SSSR count). The van der Waals surface area contributed by atoms with Crippen molar-refractivity contribution in [3.05, 3.63) is 65.5 Å². The van der Waals surface area contributed by atoms with Gasteiger partial charge in [-0.15, -0.1) is 0 Å². The van der Waals surface area contributed by atoms with E-state index in [1.807, 2.05) is 6.92 Å². The van der Waals surface area contributed by atoms with Crippen molar-refractivity contribution in [1.29, 1.82) is 0 Å². The fourth-order valence-corrected chi connectivity index (χ4v) is 2.34. The minimum Gasteiger partial charge on any atom is -0.462 e. The lowest BCUT2D eigenvalue weighted by molar-refractivity contribution is 0.0501. The van der Waals surface area contributed by atoms with E-state index in [2.05, 4.69) is 10.6 Å². The highest BCUT2D eigenvalue weighted by atomic mass is 19.1. The quantitative estimate of drug-likeness (QED) is 0.550. The fraction of sp³-hybridized carbons (Fsp3) is 0.300. The number of hydrogen-bond donors (Lipinski definition) is 2. The first-order valence-electron chi connectivity index (χ1n) is 8.66. The van der Waals surface area contributed by atoms with Gasteiger partial charge in [-0.2, -0.15) is 0 Å². The van der Waals surface area contributed by atoms with Gasteiger partial charge in [-0.1, -0.05) is 43.7 Å². The van der Waals surface area contributed by atoms with Gasteiger partial charge in [-0.05, 0) is 36.6 Å². The molecule has 0 heterocycles. The molecule has 2 amide bonds. The van der Waals surface area contributed by atoms with Crippen molar-refractivity contribution in [2.75, 3.05) is 18.5 Å². The number of benzene rings is 2. The first kappa shape index (κ1) is 19.4. The van der Waals surface area contributed by atoms with E-state index in [-0.39, 0.29) is 12.4 Å². The first-order valence-corrected chi connectivity index (χ1v) is 8.66. The predicted molar refractivity (Wildman–Crippen MR) is 98.8 cm³/mol. The zero-order chi connectivity index (χ0) is 18.8. The summed E-state index contributed by atoms with van der Waals surface area (Å²) >= 11 is 0. The van der Waals surface area contributed by atoms with Crippen molar-refractivity contribution in [3.8, 4) is 0 Å². The van der Waals surface area contributed by atoms with Gasteiger partial charge in [0.25, 0.3) is 0 Å². The molecule has 0 fully saturated rings. The van der Waals surface area contributed by atoms with Crippen LogP contribution in [0.25, 0.3) is 0 Å². The van der Waals surface area contributed by atoms with Gasteiger partial charge in [0.05, 0.1) is 17.9 Å². The molecule has 2 N–H and O–H groups in total. The smallest absolute Gasteiger partial charge is 0.340 e. The molecule has 138 valence electrons. The van der Waals surface area contributed by atoms with Gasteiger partial charge in [-0.25, -0.2) is 14.0 Å². The number of rotatable bonds is 8. The van der Waals surface area contributed by atoms with Crippen molar-refractivity contribution in [2.24, 2.45) is 0 Å². The lowest BCUT2D eigenvalue weighted by Crippen LogP contribution is -2.31. The van der Waals surface area contributed by atoms with Gasteiger partial charge in [0.1, 0.15) is 5.82 Å². The maximum Gasteiger partial charge on any atom is 0.340 e. The second-order valence-electron chi connectivity index (χ2n) is 5.76. The number of hydrogen-bond acceptors (Lipinski definition) is 3. The molecule has 26 heavy (non-hydrogen) atoms. The number of urea groups is 1. The van der Waals surface area contributed by atoms with Crippen LogP contribution in [0.4, 0.5) is 14.9 Å². The second-order valence-corrected chi connectivity index (χ2v) is 5.76. The van der Waals surface area contributed by atoms with E-state index in [4.69, 9.17) is 4.74 Å². The Hall–Kier alpha value is -2.89. The number of para-hydroxylation sites is 1. The van der Waals surface area contributed by atoms with Crippen LogP contribution in [0.5, 0.6) is 0 Å². The molecule has 0 aliphatic rings. The fourth-order valence-electron chi connectivity index (χ4n) is 2.34. The molecule has 0 saturated heterocycles. The number of ether oxygens (including phenoxy) is 1. The molecular weight excluding hydrogens is 335 g/mol. The van der Waals surface area contributed by atoms with Crippen LogP contribution < -0.4 is 10.6 Å². The van der Waals surface area contributed by atoms with Crippen LogP contribution in [0, 0.1) is 5.82 Å². The third-order valence-electron chi connectivity index (χ3n) is 3.76. The lowest BCUT2D eigenvalue weighted by atomic mass is 10.1. The molecule has 0 aliphatic heterocycles. The highest BCUT2D eigenvalue weighted by molar-refractivity contribution is 6.00. The van der Waals surface area contributed by atoms with Crippen molar-refractivity contribution in [1.82, 2.24) is 5.32 Å². The molecule has 0 aliphatic carbocycles. The molecule has 0 unspecified atom stereocenters. The minimum atomic E-state index is -0.472. The van der Waals surface area contributed by atoms with E-state index in [0.29, 0.717) is 29.8 Å². The van der Waals surface area contributed by atoms with Gasteiger partial charge in [0.15, 0.2) is 0 Å². The number of anilines is 1. The Morgan fingerprint density at radius 2 is 1.81 bits per heavy atom. The molecule has 0 atom stereocenters. The monoisotopic (exact) mass is 358 g/mol. The zero-order valence-corrected chi connectivity index (χ0v) is 14.8. The van der Waals surface area contributed by atoms with Crippen molar-refractivity contribution >= 4 is 17.7 Å². The van der Waals surface area contributed by atoms with Gasteiger partial charge in [-0.3, -0.25) is 0 Å². The number of carbonyl (C=O) groups is 2. The molecule has 0 spiro atoms. The molecule has 0 radical (unpaired) electrons. The zero-order valence-electron chi connectivity index (χ0n) is 14.8. The van der Waals surface area contributed by atoms with Crippen LogP contribution in [0.3, 0.4) is 0 Å². The lowest BCUT2D eigenvalue weighted by Gasteiger charge is -2.12. The number of esters is 1. The molecular formula is C20H23FN2O3. The summed E-state index contributed by atoms with van der Waals surface area (Å²) in [5, 5.41) is 5.29. The SMILES string of the molecule is CCCCOC(=O)c1ccccc1NC(=O)NCCc1ccccc1F. The third-order valence-corrected chi connectivity index (χ3v) is 3.76. The van der Waals surface area contributed by atoms with Crippen LogP contribution in [0.1, 0.15) is 35.7 Å². The molecule has 0 saturated carbocycles. The van der Waals surface area contributed by atoms with E-state index < -0.39 is 12.0 Å². The third kappa shape index (κ3) is 5.88. The van der Waals surface area contributed by atoms with Crippen LogP contribution in [0.2, 0.25) is 0 Å². The van der Waals surface area contributed by atoms with Gasteiger partial charge in [0, 0.05) is 6.54 Å². The molecule has 0 bridgehead atoms. The van der Waals surface area contributed by atoms with Crippen LogP contribution in [-0.2, 0) is 11.2 Å². The van der Waals surface area contributed by atoms with Crippen LogP contribution in [-0.4, -0.2) is 25.2 Å². The molecule has 2 aromatic carbocycles. The van der Waals surface area contributed by atoms with Gasteiger partial charge >= 0.3 is 12.0 Å². The van der Waals surface area contributed by atoms with Crippen molar-refractivity contribution in [3.63, 3.8) is 0 Å². The maximum atomic E-state index is 13.6. The Kier molecular flexibility index (Phi) is 7.61. The van der Waals surface area contributed by atoms with Crippen LogP contribution in [0.15, 0.2) is 48.5 Å². The van der Waals surface area contributed by atoms with Crippen molar-refractivity contribution < 1.29 is 18.7 Å². The van der Waals surface area contributed by atoms with Crippen LogP contribution >= 0.6 is 0 Å². The Bertz CT molecular complexity index is 749. The number of amides is 2. The van der Waals surface area contributed by atoms with Gasteiger partial charge < -0.3 is 15.4 Å². The van der Waals surface area contributed by atoms with E-state index in [0.717, 1.165) is 12.8 Å². The summed E-state index contributed by atoms with van der Waals surface area (Å²) in [6, 6.07) is 12.6. The van der Waals surface area contributed by atoms with E-state index in [1.54, 1.807) is 42.5 Å². The molecule has 0 aromatic heterocycles. The predicted octanol–water partition coefficient (Wildman–Crippen LogP) is 4.15. The average Bonchev–Trinajstić information content (AvgIpc) is 2.64. The Labute approximate surface area is 152 Å². The highest BCUT2D eigenvalue weighted by Crippen LogP contribution is 2.16. The average molecular weight is 358 g/mol.